The van der Waals surface area contributed by atoms with Crippen molar-refractivity contribution in [1.29, 1.82) is 0 Å². The topological polar surface area (TPSA) is 58.2 Å². The molecule has 2 amide bonds. The van der Waals surface area contributed by atoms with Crippen molar-refractivity contribution in [3.8, 4) is 0 Å². The highest BCUT2D eigenvalue weighted by Crippen LogP contribution is 2.12. The number of benzene rings is 1. The third kappa shape index (κ3) is 3.77. The van der Waals surface area contributed by atoms with Gasteiger partial charge in [-0.3, -0.25) is 9.59 Å². The smallest absolute Gasteiger partial charge is 0.223 e. The number of carbonyl (C=O) groups excluding carboxylic acids is 2. The lowest BCUT2D eigenvalue weighted by atomic mass is 9.96. The van der Waals surface area contributed by atoms with Gasteiger partial charge >= 0.3 is 0 Å². The summed E-state index contributed by atoms with van der Waals surface area (Å²) in [6.07, 6.45) is 1.36. The van der Waals surface area contributed by atoms with Crippen LogP contribution < -0.4 is 10.6 Å². The maximum Gasteiger partial charge on any atom is 0.223 e. The molecule has 102 valence electrons. The molecule has 1 aromatic carbocycles. The second-order valence-corrected chi connectivity index (χ2v) is 4.67. The molecule has 2 N–H and O–H groups in total. The Morgan fingerprint density at radius 2 is 2.21 bits per heavy atom. The molecular weight excluding hydrogens is 247 g/mol. The van der Waals surface area contributed by atoms with Crippen LogP contribution in [0.4, 0.5) is 4.39 Å². The number of piperidine rings is 1. The number of hydrogen-bond acceptors (Lipinski definition) is 2. The van der Waals surface area contributed by atoms with E-state index in [0.29, 0.717) is 31.5 Å². The summed E-state index contributed by atoms with van der Waals surface area (Å²) in [5.74, 6) is -0.713. The molecule has 1 aliphatic rings. The summed E-state index contributed by atoms with van der Waals surface area (Å²) in [4.78, 5) is 23.0. The first-order valence-corrected chi connectivity index (χ1v) is 6.44. The van der Waals surface area contributed by atoms with Gasteiger partial charge in [-0.1, -0.05) is 18.2 Å². The zero-order chi connectivity index (χ0) is 13.7. The monoisotopic (exact) mass is 264 g/mol. The van der Waals surface area contributed by atoms with Gasteiger partial charge in [-0.15, -0.1) is 0 Å². The van der Waals surface area contributed by atoms with Crippen LogP contribution in [0.15, 0.2) is 24.3 Å². The number of amides is 2. The fourth-order valence-electron chi connectivity index (χ4n) is 2.17. The van der Waals surface area contributed by atoms with Gasteiger partial charge < -0.3 is 10.6 Å². The van der Waals surface area contributed by atoms with E-state index in [9.17, 15) is 14.0 Å². The van der Waals surface area contributed by atoms with Gasteiger partial charge in [0.25, 0.3) is 0 Å². The van der Waals surface area contributed by atoms with Crippen molar-refractivity contribution in [2.75, 3.05) is 13.1 Å². The molecule has 4 nitrogen and oxygen atoms in total. The van der Waals surface area contributed by atoms with Gasteiger partial charge in [0.2, 0.25) is 11.8 Å². The van der Waals surface area contributed by atoms with Crippen molar-refractivity contribution < 1.29 is 14.0 Å². The average molecular weight is 264 g/mol. The first-order valence-electron chi connectivity index (χ1n) is 6.44. The predicted molar refractivity (Wildman–Crippen MR) is 68.8 cm³/mol. The SMILES string of the molecule is O=C1CC(C(=O)NCCc2ccccc2F)CCN1. The van der Waals surface area contributed by atoms with Crippen LogP contribution in [0.1, 0.15) is 18.4 Å². The Balaban J connectivity index is 1.78. The molecule has 0 bridgehead atoms. The fourth-order valence-corrected chi connectivity index (χ4v) is 2.17. The summed E-state index contributed by atoms with van der Waals surface area (Å²) >= 11 is 0. The molecule has 1 saturated heterocycles. The molecule has 1 aromatic rings. The van der Waals surface area contributed by atoms with E-state index in [0.717, 1.165) is 0 Å². The number of rotatable bonds is 4. The summed E-state index contributed by atoms with van der Waals surface area (Å²) in [6.45, 7) is 0.933. The zero-order valence-corrected chi connectivity index (χ0v) is 10.6. The molecule has 0 radical (unpaired) electrons. The van der Waals surface area contributed by atoms with Crippen LogP contribution in [-0.4, -0.2) is 24.9 Å². The van der Waals surface area contributed by atoms with E-state index in [-0.39, 0.29) is 30.0 Å². The second kappa shape index (κ2) is 6.31. The van der Waals surface area contributed by atoms with Crippen molar-refractivity contribution in [3.63, 3.8) is 0 Å². The summed E-state index contributed by atoms with van der Waals surface area (Å²) in [7, 11) is 0. The van der Waals surface area contributed by atoms with Gasteiger partial charge in [-0.25, -0.2) is 4.39 Å². The highest BCUT2D eigenvalue weighted by molar-refractivity contribution is 5.86. The summed E-state index contributed by atoms with van der Waals surface area (Å²) < 4.78 is 13.4. The normalized spacial score (nSPS) is 18.8. The average Bonchev–Trinajstić information content (AvgIpc) is 2.41. The molecule has 1 unspecified atom stereocenters. The van der Waals surface area contributed by atoms with Crippen molar-refractivity contribution in [2.24, 2.45) is 5.92 Å². The molecule has 0 aliphatic carbocycles. The van der Waals surface area contributed by atoms with Crippen LogP contribution in [0.5, 0.6) is 0 Å². The fraction of sp³-hybridized carbons (Fsp3) is 0.429. The van der Waals surface area contributed by atoms with Crippen molar-refractivity contribution >= 4 is 11.8 Å². The van der Waals surface area contributed by atoms with Crippen LogP contribution in [0, 0.1) is 11.7 Å². The highest BCUT2D eigenvalue weighted by Gasteiger charge is 2.24. The molecule has 1 aliphatic heterocycles. The molecule has 0 saturated carbocycles. The predicted octanol–water partition coefficient (Wildman–Crippen LogP) is 1.01. The van der Waals surface area contributed by atoms with E-state index >= 15 is 0 Å². The first-order chi connectivity index (χ1) is 9.16. The van der Waals surface area contributed by atoms with E-state index in [4.69, 9.17) is 0 Å². The van der Waals surface area contributed by atoms with E-state index < -0.39 is 0 Å². The van der Waals surface area contributed by atoms with E-state index in [1.807, 2.05) is 0 Å². The maximum atomic E-state index is 13.4. The minimum atomic E-state index is -0.256. The quantitative estimate of drug-likeness (QED) is 0.852. The van der Waals surface area contributed by atoms with Gasteiger partial charge in [0.1, 0.15) is 5.82 Å². The van der Waals surface area contributed by atoms with E-state index in [1.54, 1.807) is 18.2 Å². The Hall–Kier alpha value is -1.91. The van der Waals surface area contributed by atoms with Crippen LogP contribution in [-0.2, 0) is 16.0 Å². The van der Waals surface area contributed by atoms with Crippen LogP contribution in [0.25, 0.3) is 0 Å². The van der Waals surface area contributed by atoms with E-state index in [1.165, 1.54) is 6.07 Å². The molecular formula is C14H17FN2O2. The largest absolute Gasteiger partial charge is 0.356 e. The molecule has 0 aromatic heterocycles. The van der Waals surface area contributed by atoms with Gasteiger partial charge in [0.05, 0.1) is 0 Å². The Bertz CT molecular complexity index is 476. The maximum absolute atomic E-state index is 13.4. The molecule has 1 atom stereocenters. The van der Waals surface area contributed by atoms with Gasteiger partial charge in [-0.05, 0) is 24.5 Å². The third-order valence-electron chi connectivity index (χ3n) is 3.27. The van der Waals surface area contributed by atoms with Crippen LogP contribution >= 0.6 is 0 Å². The Morgan fingerprint density at radius 1 is 1.42 bits per heavy atom. The number of hydrogen-bond donors (Lipinski definition) is 2. The molecule has 5 heteroatoms. The second-order valence-electron chi connectivity index (χ2n) is 4.67. The minimum absolute atomic E-state index is 0.0829. The Morgan fingerprint density at radius 3 is 2.95 bits per heavy atom. The van der Waals surface area contributed by atoms with Crippen LogP contribution in [0.2, 0.25) is 0 Å². The molecule has 1 fully saturated rings. The Labute approximate surface area is 111 Å². The van der Waals surface area contributed by atoms with Crippen LogP contribution in [0.3, 0.4) is 0 Å². The van der Waals surface area contributed by atoms with Crippen molar-refractivity contribution in [3.05, 3.63) is 35.6 Å². The zero-order valence-electron chi connectivity index (χ0n) is 10.6. The van der Waals surface area contributed by atoms with Gasteiger partial charge in [0.15, 0.2) is 0 Å². The standard InChI is InChI=1S/C14H17FN2O2/c15-12-4-2-1-3-10(12)5-8-17-14(19)11-6-7-16-13(18)9-11/h1-4,11H,5-9H2,(H,16,18)(H,17,19). The third-order valence-corrected chi connectivity index (χ3v) is 3.27. The van der Waals surface area contributed by atoms with Gasteiger partial charge in [0, 0.05) is 25.4 Å². The Kier molecular flexibility index (Phi) is 4.49. The summed E-state index contributed by atoms with van der Waals surface area (Å²) in [6, 6.07) is 6.52. The lowest BCUT2D eigenvalue weighted by molar-refractivity contribution is -0.132. The van der Waals surface area contributed by atoms with Crippen molar-refractivity contribution in [1.82, 2.24) is 10.6 Å². The molecule has 19 heavy (non-hydrogen) atoms. The highest BCUT2D eigenvalue weighted by atomic mass is 19.1. The molecule has 0 spiro atoms. The lowest BCUT2D eigenvalue weighted by Gasteiger charge is -2.21. The van der Waals surface area contributed by atoms with Crippen molar-refractivity contribution in [2.45, 2.75) is 19.3 Å². The first kappa shape index (κ1) is 13.5. The van der Waals surface area contributed by atoms with Gasteiger partial charge in [-0.2, -0.15) is 0 Å². The summed E-state index contributed by atoms with van der Waals surface area (Å²) in [5.41, 5.74) is 0.587. The lowest BCUT2D eigenvalue weighted by Crippen LogP contribution is -2.41. The molecule has 2 rings (SSSR count). The number of halogens is 1. The number of nitrogens with one attached hydrogen (secondary N) is 2. The number of carbonyl (C=O) groups is 2. The van der Waals surface area contributed by atoms with E-state index in [2.05, 4.69) is 10.6 Å². The minimum Gasteiger partial charge on any atom is -0.356 e. The summed E-state index contributed by atoms with van der Waals surface area (Å²) in [5, 5.41) is 5.45. The molecule has 1 heterocycles.